The van der Waals surface area contributed by atoms with Crippen molar-refractivity contribution >= 4 is 0 Å². The number of aromatic nitrogens is 1. The summed E-state index contributed by atoms with van der Waals surface area (Å²) in [6.45, 7) is 6.05. The highest BCUT2D eigenvalue weighted by Gasteiger charge is 2.14. The van der Waals surface area contributed by atoms with Crippen LogP contribution >= 0.6 is 0 Å². The third kappa shape index (κ3) is 3.58. The topological polar surface area (TPSA) is 42.4 Å². The fourth-order valence-electron chi connectivity index (χ4n) is 2.19. The van der Waals surface area contributed by atoms with Gasteiger partial charge in [0.25, 0.3) is 0 Å². The number of ether oxygens (including phenoxy) is 1. The fraction of sp³-hybridized carbons (Fsp3) is 0.353. The number of rotatable bonds is 5. The summed E-state index contributed by atoms with van der Waals surface area (Å²) in [7, 11) is 0. The summed E-state index contributed by atoms with van der Waals surface area (Å²) < 4.78 is 5.89. The zero-order valence-corrected chi connectivity index (χ0v) is 12.2. The highest BCUT2D eigenvalue weighted by atomic mass is 16.5. The standard InChI is InChI=1S/C17H21NO2/c1-12(2)20-17-13(3)5-4-6-15(17)11-16(19)14-7-9-18-10-8-14/h4-10,12,16,19H,11H2,1-3H3. The Labute approximate surface area is 120 Å². The third-order valence-electron chi connectivity index (χ3n) is 3.15. The average molecular weight is 271 g/mol. The molecular weight excluding hydrogens is 250 g/mol. The van der Waals surface area contributed by atoms with Crippen molar-refractivity contribution in [2.24, 2.45) is 0 Å². The van der Waals surface area contributed by atoms with Crippen LogP contribution in [-0.2, 0) is 6.42 Å². The normalized spacial score (nSPS) is 12.4. The van der Waals surface area contributed by atoms with Gasteiger partial charge in [0.05, 0.1) is 12.2 Å². The molecule has 0 aliphatic heterocycles. The summed E-state index contributed by atoms with van der Waals surface area (Å²) in [5.74, 6) is 0.885. The van der Waals surface area contributed by atoms with Gasteiger partial charge in [-0.05, 0) is 49.6 Å². The van der Waals surface area contributed by atoms with E-state index in [1.54, 1.807) is 12.4 Å². The summed E-state index contributed by atoms with van der Waals surface area (Å²) in [6, 6.07) is 9.71. The number of aryl methyl sites for hydroxylation is 1. The number of hydrogen-bond acceptors (Lipinski definition) is 3. The van der Waals surface area contributed by atoms with Crippen LogP contribution in [0.1, 0.15) is 36.6 Å². The maximum Gasteiger partial charge on any atom is 0.125 e. The molecule has 0 saturated carbocycles. The van der Waals surface area contributed by atoms with E-state index in [-0.39, 0.29) is 6.10 Å². The van der Waals surface area contributed by atoms with E-state index in [9.17, 15) is 5.11 Å². The van der Waals surface area contributed by atoms with Gasteiger partial charge in [-0.3, -0.25) is 4.98 Å². The van der Waals surface area contributed by atoms with E-state index in [1.165, 1.54) is 0 Å². The van der Waals surface area contributed by atoms with Crippen molar-refractivity contribution in [1.29, 1.82) is 0 Å². The molecule has 0 bridgehead atoms. The predicted molar refractivity (Wildman–Crippen MR) is 79.8 cm³/mol. The van der Waals surface area contributed by atoms with E-state index in [0.717, 1.165) is 22.4 Å². The Bertz CT molecular complexity index is 552. The van der Waals surface area contributed by atoms with Gasteiger partial charge in [0.15, 0.2) is 0 Å². The third-order valence-corrected chi connectivity index (χ3v) is 3.15. The number of pyridine rings is 1. The van der Waals surface area contributed by atoms with Crippen molar-refractivity contribution < 1.29 is 9.84 Å². The van der Waals surface area contributed by atoms with Crippen LogP contribution in [0.3, 0.4) is 0 Å². The number of benzene rings is 1. The molecule has 0 amide bonds. The first-order valence-corrected chi connectivity index (χ1v) is 6.91. The molecule has 1 aromatic carbocycles. The first-order chi connectivity index (χ1) is 9.58. The number of aliphatic hydroxyl groups is 1. The molecule has 3 heteroatoms. The number of nitrogens with zero attached hydrogens (tertiary/aromatic N) is 1. The molecule has 106 valence electrons. The molecule has 0 aliphatic carbocycles. The quantitative estimate of drug-likeness (QED) is 0.905. The molecule has 0 spiro atoms. The minimum atomic E-state index is -0.547. The summed E-state index contributed by atoms with van der Waals surface area (Å²) >= 11 is 0. The van der Waals surface area contributed by atoms with Crippen LogP contribution in [0.4, 0.5) is 0 Å². The van der Waals surface area contributed by atoms with Gasteiger partial charge in [-0.2, -0.15) is 0 Å². The fourth-order valence-corrected chi connectivity index (χ4v) is 2.19. The summed E-state index contributed by atoms with van der Waals surface area (Å²) in [4.78, 5) is 3.97. The molecule has 0 fully saturated rings. The Hall–Kier alpha value is -1.87. The van der Waals surface area contributed by atoms with Crippen LogP contribution in [0.2, 0.25) is 0 Å². The first kappa shape index (κ1) is 14.5. The van der Waals surface area contributed by atoms with Crippen LogP contribution in [0.15, 0.2) is 42.7 Å². The van der Waals surface area contributed by atoms with Gasteiger partial charge in [0, 0.05) is 18.8 Å². The van der Waals surface area contributed by atoms with Crippen LogP contribution in [0.5, 0.6) is 5.75 Å². The molecule has 0 aliphatic rings. The van der Waals surface area contributed by atoms with E-state index < -0.39 is 6.10 Å². The minimum Gasteiger partial charge on any atom is -0.490 e. The Balaban J connectivity index is 2.23. The van der Waals surface area contributed by atoms with Crippen molar-refractivity contribution in [2.75, 3.05) is 0 Å². The maximum absolute atomic E-state index is 10.3. The molecular formula is C17H21NO2. The number of aliphatic hydroxyl groups excluding tert-OH is 1. The van der Waals surface area contributed by atoms with Crippen LogP contribution in [-0.4, -0.2) is 16.2 Å². The van der Waals surface area contributed by atoms with Crippen LogP contribution < -0.4 is 4.74 Å². The zero-order valence-electron chi connectivity index (χ0n) is 12.2. The van der Waals surface area contributed by atoms with Gasteiger partial charge < -0.3 is 9.84 Å². The van der Waals surface area contributed by atoms with Gasteiger partial charge >= 0.3 is 0 Å². The van der Waals surface area contributed by atoms with Crippen molar-refractivity contribution in [2.45, 2.75) is 39.4 Å². The summed E-state index contributed by atoms with van der Waals surface area (Å²) in [5.41, 5.74) is 3.00. The minimum absolute atomic E-state index is 0.118. The van der Waals surface area contributed by atoms with Gasteiger partial charge in [-0.25, -0.2) is 0 Å². The molecule has 0 radical (unpaired) electrons. The SMILES string of the molecule is Cc1cccc(CC(O)c2ccncc2)c1OC(C)C. The Morgan fingerprint density at radius 1 is 1.15 bits per heavy atom. The second kappa shape index (κ2) is 6.53. The van der Waals surface area contributed by atoms with E-state index in [2.05, 4.69) is 4.98 Å². The van der Waals surface area contributed by atoms with Gasteiger partial charge in [0.1, 0.15) is 5.75 Å². The molecule has 1 heterocycles. The highest BCUT2D eigenvalue weighted by molar-refractivity contribution is 5.41. The Morgan fingerprint density at radius 3 is 2.50 bits per heavy atom. The molecule has 2 rings (SSSR count). The van der Waals surface area contributed by atoms with Crippen molar-refractivity contribution in [3.8, 4) is 5.75 Å². The van der Waals surface area contributed by atoms with E-state index in [0.29, 0.717) is 6.42 Å². The average Bonchev–Trinajstić information content (AvgIpc) is 2.43. The van der Waals surface area contributed by atoms with E-state index in [4.69, 9.17) is 4.74 Å². The van der Waals surface area contributed by atoms with Crippen LogP contribution in [0, 0.1) is 6.92 Å². The Morgan fingerprint density at radius 2 is 1.85 bits per heavy atom. The van der Waals surface area contributed by atoms with Crippen LogP contribution in [0.25, 0.3) is 0 Å². The van der Waals surface area contributed by atoms with E-state index in [1.807, 2.05) is 51.1 Å². The monoisotopic (exact) mass is 271 g/mol. The molecule has 0 saturated heterocycles. The molecule has 1 N–H and O–H groups in total. The predicted octanol–water partition coefficient (Wildman–Crippen LogP) is 3.45. The lowest BCUT2D eigenvalue weighted by molar-refractivity contribution is 0.174. The molecule has 1 unspecified atom stereocenters. The summed E-state index contributed by atoms with van der Waals surface area (Å²) in [5, 5.41) is 10.3. The molecule has 1 aromatic heterocycles. The molecule has 3 nitrogen and oxygen atoms in total. The highest BCUT2D eigenvalue weighted by Crippen LogP contribution is 2.28. The lowest BCUT2D eigenvalue weighted by atomic mass is 10.00. The first-order valence-electron chi connectivity index (χ1n) is 6.91. The second-order valence-electron chi connectivity index (χ2n) is 5.23. The smallest absolute Gasteiger partial charge is 0.125 e. The largest absolute Gasteiger partial charge is 0.490 e. The van der Waals surface area contributed by atoms with Gasteiger partial charge in [-0.15, -0.1) is 0 Å². The lowest BCUT2D eigenvalue weighted by Crippen LogP contribution is -2.10. The zero-order chi connectivity index (χ0) is 14.5. The maximum atomic E-state index is 10.3. The van der Waals surface area contributed by atoms with E-state index >= 15 is 0 Å². The lowest BCUT2D eigenvalue weighted by Gasteiger charge is -2.18. The van der Waals surface area contributed by atoms with Crippen molar-refractivity contribution in [1.82, 2.24) is 4.98 Å². The summed E-state index contributed by atoms with van der Waals surface area (Å²) in [6.07, 6.45) is 3.50. The Kier molecular flexibility index (Phi) is 4.74. The molecule has 20 heavy (non-hydrogen) atoms. The van der Waals surface area contributed by atoms with Gasteiger partial charge in [0.2, 0.25) is 0 Å². The second-order valence-corrected chi connectivity index (χ2v) is 5.23. The molecule has 1 atom stereocenters. The number of para-hydroxylation sites is 1. The van der Waals surface area contributed by atoms with Gasteiger partial charge in [-0.1, -0.05) is 18.2 Å². The van der Waals surface area contributed by atoms with Crippen molar-refractivity contribution in [3.05, 3.63) is 59.4 Å². The molecule has 2 aromatic rings. The number of hydrogen-bond donors (Lipinski definition) is 1. The van der Waals surface area contributed by atoms with Crippen molar-refractivity contribution in [3.63, 3.8) is 0 Å².